The summed E-state index contributed by atoms with van der Waals surface area (Å²) in [6, 6.07) is 1.75. The van der Waals surface area contributed by atoms with Gasteiger partial charge >= 0.3 is 5.97 Å². The fraction of sp³-hybridized carbons (Fsp3) is 0.500. The molecule has 0 radical (unpaired) electrons. The van der Waals surface area contributed by atoms with Gasteiger partial charge in [-0.2, -0.15) is 0 Å². The zero-order valence-corrected chi connectivity index (χ0v) is 12.8. The van der Waals surface area contributed by atoms with Crippen LogP contribution in [0.2, 0.25) is 0 Å². The third-order valence-corrected chi connectivity index (χ3v) is 4.44. The average Bonchev–Trinajstić information content (AvgIpc) is 2.86. The molecule has 1 aliphatic rings. The van der Waals surface area contributed by atoms with Crippen molar-refractivity contribution in [2.45, 2.75) is 24.5 Å². The molecule has 0 aliphatic carbocycles. The van der Waals surface area contributed by atoms with Gasteiger partial charge in [0.15, 0.2) is 5.16 Å². The van der Waals surface area contributed by atoms with Crippen molar-refractivity contribution >= 4 is 28.8 Å². The van der Waals surface area contributed by atoms with Crippen LogP contribution in [0.5, 0.6) is 0 Å². The van der Waals surface area contributed by atoms with Crippen LogP contribution >= 0.6 is 11.8 Å². The zero-order valence-electron chi connectivity index (χ0n) is 11.9. The summed E-state index contributed by atoms with van der Waals surface area (Å²) in [5, 5.41) is 10.9. The molecule has 0 aromatic carbocycles. The second-order valence-electron chi connectivity index (χ2n) is 5.25. The van der Waals surface area contributed by atoms with Crippen molar-refractivity contribution in [3.8, 4) is 0 Å². The van der Waals surface area contributed by atoms with Crippen LogP contribution in [0.3, 0.4) is 0 Å². The van der Waals surface area contributed by atoms with E-state index in [-0.39, 0.29) is 17.7 Å². The van der Waals surface area contributed by atoms with Gasteiger partial charge < -0.3 is 14.4 Å². The predicted octanol–water partition coefficient (Wildman–Crippen LogP) is 2.45. The molecule has 0 spiro atoms. The Bertz CT molecular complexity index is 685. The normalized spacial score (nSPS) is 22.6. The second-order valence-corrected chi connectivity index (χ2v) is 6.02. The minimum Gasteiger partial charge on any atom is -0.477 e. The van der Waals surface area contributed by atoms with Crippen LogP contribution < -0.4 is 0 Å². The van der Waals surface area contributed by atoms with Crippen molar-refractivity contribution in [3.05, 3.63) is 18.0 Å². The molecule has 0 saturated carbocycles. The molecular formula is C14H17N3O3S. The number of aromatic nitrogens is 3. The number of hydrogen-bond acceptors (Lipinski definition) is 5. The first kappa shape index (κ1) is 14.3. The molecule has 0 bridgehead atoms. The van der Waals surface area contributed by atoms with Crippen molar-refractivity contribution in [1.29, 1.82) is 0 Å². The summed E-state index contributed by atoms with van der Waals surface area (Å²) in [5.74, 6) is -0.683. The monoisotopic (exact) mass is 307 g/mol. The number of ether oxygens (including phenoxy) is 1. The molecule has 112 valence electrons. The molecule has 3 heterocycles. The van der Waals surface area contributed by atoms with Crippen LogP contribution in [0.25, 0.3) is 11.0 Å². The molecule has 0 amide bonds. The molecular weight excluding hydrogens is 290 g/mol. The Kier molecular flexibility index (Phi) is 3.86. The molecule has 2 atom stereocenters. The van der Waals surface area contributed by atoms with Crippen LogP contribution in [-0.4, -0.2) is 45.1 Å². The molecule has 0 unspecified atom stereocenters. The number of nitrogens with zero attached hydrogens (tertiary/aromatic N) is 3. The van der Waals surface area contributed by atoms with E-state index in [0.29, 0.717) is 24.0 Å². The zero-order chi connectivity index (χ0) is 15.0. The van der Waals surface area contributed by atoms with Crippen molar-refractivity contribution < 1.29 is 14.6 Å². The van der Waals surface area contributed by atoms with Gasteiger partial charge in [-0.1, -0.05) is 18.7 Å². The fourth-order valence-corrected chi connectivity index (χ4v) is 3.18. The Morgan fingerprint density at radius 2 is 2.38 bits per heavy atom. The summed E-state index contributed by atoms with van der Waals surface area (Å²) >= 11 is 1.45. The lowest BCUT2D eigenvalue weighted by atomic mass is 9.97. The molecule has 2 aromatic heterocycles. The van der Waals surface area contributed by atoms with E-state index in [9.17, 15) is 9.90 Å². The van der Waals surface area contributed by atoms with Crippen LogP contribution in [0, 0.1) is 5.92 Å². The Balaban J connectivity index is 2.20. The third-order valence-electron chi connectivity index (χ3n) is 3.88. The topological polar surface area (TPSA) is 77.2 Å². The van der Waals surface area contributed by atoms with Crippen LogP contribution in [0.1, 0.15) is 29.9 Å². The van der Waals surface area contributed by atoms with Gasteiger partial charge in [-0.15, -0.1) is 0 Å². The first-order valence-electron chi connectivity index (χ1n) is 6.85. The molecule has 21 heavy (non-hydrogen) atoms. The number of aromatic carboxylic acids is 1. The molecule has 1 N–H and O–H groups in total. The summed E-state index contributed by atoms with van der Waals surface area (Å²) in [5.41, 5.74) is 0.974. The lowest BCUT2D eigenvalue weighted by molar-refractivity contribution is 0.0279. The quantitative estimate of drug-likeness (QED) is 0.693. The Morgan fingerprint density at radius 1 is 1.57 bits per heavy atom. The highest BCUT2D eigenvalue weighted by molar-refractivity contribution is 7.98. The minimum absolute atomic E-state index is 0.0898. The van der Waals surface area contributed by atoms with E-state index in [1.807, 2.05) is 10.8 Å². The van der Waals surface area contributed by atoms with E-state index in [0.717, 1.165) is 11.8 Å². The summed E-state index contributed by atoms with van der Waals surface area (Å²) < 4.78 is 7.32. The SMILES string of the molecule is CSc1ncc2cc(C(=O)O)n([C@@H]3CCOC[C@H]3C)c2n1. The molecule has 3 rings (SSSR count). The molecule has 1 fully saturated rings. The average molecular weight is 307 g/mol. The van der Waals surface area contributed by atoms with Gasteiger partial charge in [-0.3, -0.25) is 0 Å². The minimum atomic E-state index is -0.933. The second kappa shape index (κ2) is 5.65. The standard InChI is InChI=1S/C14H17N3O3S/c1-8-7-20-4-3-10(8)17-11(13(18)19)5-9-6-15-14(21-2)16-12(9)17/h5-6,8,10H,3-4,7H2,1-2H3,(H,18,19)/t8-,10-/m1/s1. The summed E-state index contributed by atoms with van der Waals surface area (Å²) in [4.78, 5) is 20.3. The maximum absolute atomic E-state index is 11.6. The molecule has 6 nitrogen and oxygen atoms in total. The fourth-order valence-electron chi connectivity index (χ4n) is 2.84. The maximum Gasteiger partial charge on any atom is 0.352 e. The highest BCUT2D eigenvalue weighted by atomic mass is 32.2. The number of carboxylic acids is 1. The summed E-state index contributed by atoms with van der Waals surface area (Å²) in [6.07, 6.45) is 4.40. The smallest absolute Gasteiger partial charge is 0.352 e. The lowest BCUT2D eigenvalue weighted by Gasteiger charge is -2.31. The first-order chi connectivity index (χ1) is 10.1. The molecule has 1 saturated heterocycles. The van der Waals surface area contributed by atoms with Crippen molar-refractivity contribution in [3.63, 3.8) is 0 Å². The van der Waals surface area contributed by atoms with Crippen LogP contribution in [0.4, 0.5) is 0 Å². The van der Waals surface area contributed by atoms with Crippen molar-refractivity contribution in [2.24, 2.45) is 5.92 Å². The number of carbonyl (C=O) groups is 1. The van der Waals surface area contributed by atoms with Gasteiger partial charge in [-0.05, 0) is 18.7 Å². The third kappa shape index (κ3) is 2.51. The van der Waals surface area contributed by atoms with Crippen molar-refractivity contribution in [2.75, 3.05) is 19.5 Å². The van der Waals surface area contributed by atoms with Gasteiger partial charge in [0.25, 0.3) is 0 Å². The van der Waals surface area contributed by atoms with Crippen LogP contribution in [-0.2, 0) is 4.74 Å². The highest BCUT2D eigenvalue weighted by Gasteiger charge is 2.29. The van der Waals surface area contributed by atoms with Crippen LogP contribution in [0.15, 0.2) is 17.4 Å². The predicted molar refractivity (Wildman–Crippen MR) is 79.9 cm³/mol. The van der Waals surface area contributed by atoms with E-state index in [1.54, 1.807) is 12.3 Å². The summed E-state index contributed by atoms with van der Waals surface area (Å²) in [6.45, 7) is 3.37. The van der Waals surface area contributed by atoms with Gasteiger partial charge in [0.1, 0.15) is 11.3 Å². The number of hydrogen-bond donors (Lipinski definition) is 1. The van der Waals surface area contributed by atoms with Gasteiger partial charge in [-0.25, -0.2) is 14.8 Å². The van der Waals surface area contributed by atoms with Gasteiger partial charge in [0.05, 0.1) is 6.61 Å². The van der Waals surface area contributed by atoms with E-state index in [1.165, 1.54) is 11.8 Å². The van der Waals surface area contributed by atoms with Gasteiger partial charge in [0, 0.05) is 30.1 Å². The number of rotatable bonds is 3. The summed E-state index contributed by atoms with van der Waals surface area (Å²) in [7, 11) is 0. The van der Waals surface area contributed by atoms with E-state index < -0.39 is 5.97 Å². The lowest BCUT2D eigenvalue weighted by Crippen LogP contribution is -2.29. The van der Waals surface area contributed by atoms with E-state index in [2.05, 4.69) is 16.9 Å². The molecule has 1 aliphatic heterocycles. The first-order valence-corrected chi connectivity index (χ1v) is 8.07. The Hall–Kier alpha value is -1.60. The Morgan fingerprint density at radius 3 is 3.05 bits per heavy atom. The number of carboxylic acid groups (broad SMARTS) is 1. The number of thioether (sulfide) groups is 1. The largest absolute Gasteiger partial charge is 0.477 e. The highest BCUT2D eigenvalue weighted by Crippen LogP contribution is 2.32. The number of fused-ring (bicyclic) bond motifs is 1. The Labute approximate surface area is 126 Å². The maximum atomic E-state index is 11.6. The van der Waals surface area contributed by atoms with E-state index in [4.69, 9.17) is 4.74 Å². The van der Waals surface area contributed by atoms with Crippen molar-refractivity contribution in [1.82, 2.24) is 14.5 Å². The van der Waals surface area contributed by atoms with E-state index >= 15 is 0 Å². The molecule has 7 heteroatoms. The van der Waals surface area contributed by atoms with Gasteiger partial charge in [0.2, 0.25) is 0 Å². The molecule has 2 aromatic rings.